The van der Waals surface area contributed by atoms with Crippen molar-refractivity contribution in [2.45, 2.75) is 63.5 Å². The van der Waals surface area contributed by atoms with E-state index < -0.39 is 6.43 Å². The molecule has 0 bridgehead atoms. The second-order valence-electron chi connectivity index (χ2n) is 5.17. The Kier molecular flexibility index (Phi) is 2.78. The molecule has 2 fully saturated rings. The summed E-state index contributed by atoms with van der Waals surface area (Å²) in [7, 11) is 0. The Morgan fingerprint density at radius 2 is 1.79 bits per heavy atom. The molecular weight excluding hydrogens is 184 g/mol. The maximum absolute atomic E-state index is 12.2. The maximum atomic E-state index is 12.2. The third-order valence-corrected chi connectivity index (χ3v) is 3.79. The van der Waals surface area contributed by atoms with Crippen molar-refractivity contribution in [3.8, 4) is 0 Å². The number of hydrogen-bond donors (Lipinski definition) is 1. The zero-order valence-corrected chi connectivity index (χ0v) is 8.73. The molecule has 0 heterocycles. The summed E-state index contributed by atoms with van der Waals surface area (Å²) in [6.45, 7) is 2.23. The molecule has 0 aromatic carbocycles. The van der Waals surface area contributed by atoms with E-state index in [1.807, 2.05) is 0 Å². The molecule has 0 radical (unpaired) electrons. The quantitative estimate of drug-likeness (QED) is 0.743. The van der Waals surface area contributed by atoms with Gasteiger partial charge in [-0.15, -0.1) is 0 Å². The van der Waals surface area contributed by atoms with Crippen LogP contribution in [0.5, 0.6) is 0 Å². The maximum Gasteiger partial charge on any atom is 0.241 e. The van der Waals surface area contributed by atoms with Gasteiger partial charge in [0.1, 0.15) is 0 Å². The van der Waals surface area contributed by atoms with Gasteiger partial charge in [0, 0.05) is 17.5 Å². The van der Waals surface area contributed by atoms with E-state index in [-0.39, 0.29) is 11.5 Å². The number of rotatable bonds is 3. The summed E-state index contributed by atoms with van der Waals surface area (Å²) in [6, 6.07) is 0.358. The fraction of sp³-hybridized carbons (Fsp3) is 1.00. The lowest BCUT2D eigenvalue weighted by Crippen LogP contribution is -2.52. The van der Waals surface area contributed by atoms with E-state index >= 15 is 0 Å². The van der Waals surface area contributed by atoms with Crippen LogP contribution in [0.3, 0.4) is 0 Å². The molecule has 0 saturated heterocycles. The molecule has 0 atom stereocenters. The highest BCUT2D eigenvalue weighted by Gasteiger charge is 2.39. The molecule has 2 aliphatic rings. The van der Waals surface area contributed by atoms with Crippen molar-refractivity contribution in [3.05, 3.63) is 0 Å². The Bertz CT molecular complexity index is 193. The molecule has 14 heavy (non-hydrogen) atoms. The summed E-state index contributed by atoms with van der Waals surface area (Å²) < 4.78 is 24.5. The van der Waals surface area contributed by atoms with Gasteiger partial charge in [0.15, 0.2) is 0 Å². The van der Waals surface area contributed by atoms with Crippen molar-refractivity contribution in [3.63, 3.8) is 0 Å². The third kappa shape index (κ3) is 2.08. The van der Waals surface area contributed by atoms with Crippen molar-refractivity contribution >= 4 is 0 Å². The molecule has 0 amide bonds. The van der Waals surface area contributed by atoms with Gasteiger partial charge in [-0.2, -0.15) is 0 Å². The highest BCUT2D eigenvalue weighted by molar-refractivity contribution is 4.95. The summed E-state index contributed by atoms with van der Waals surface area (Å²) in [5.41, 5.74) is 0.248. The van der Waals surface area contributed by atoms with E-state index in [4.69, 9.17) is 0 Å². The van der Waals surface area contributed by atoms with Crippen molar-refractivity contribution in [2.24, 2.45) is 5.92 Å². The van der Waals surface area contributed by atoms with Crippen molar-refractivity contribution in [1.82, 2.24) is 5.32 Å². The first kappa shape index (κ1) is 10.3. The van der Waals surface area contributed by atoms with Crippen LogP contribution in [0.2, 0.25) is 0 Å². The van der Waals surface area contributed by atoms with Crippen LogP contribution in [0, 0.1) is 5.92 Å². The topological polar surface area (TPSA) is 12.0 Å². The Morgan fingerprint density at radius 1 is 1.21 bits per heavy atom. The standard InChI is InChI=1S/C11H19F2N/c1-11(4-2-3-5-11)14-9-6-8(7-9)10(12)13/h8-10,14H,2-7H2,1H3. The second kappa shape index (κ2) is 3.76. The van der Waals surface area contributed by atoms with Crippen LogP contribution in [0.4, 0.5) is 8.78 Å². The van der Waals surface area contributed by atoms with E-state index in [9.17, 15) is 8.78 Å². The lowest BCUT2D eigenvalue weighted by atomic mass is 9.79. The monoisotopic (exact) mass is 203 g/mol. The molecule has 2 saturated carbocycles. The van der Waals surface area contributed by atoms with Crippen LogP contribution >= 0.6 is 0 Å². The van der Waals surface area contributed by atoms with Crippen LogP contribution in [0.1, 0.15) is 45.4 Å². The summed E-state index contributed by atoms with van der Waals surface area (Å²) in [6.07, 6.45) is 4.24. The van der Waals surface area contributed by atoms with Crippen LogP contribution in [0.25, 0.3) is 0 Å². The molecule has 0 aromatic heterocycles. The highest BCUT2D eigenvalue weighted by Crippen LogP contribution is 2.37. The van der Waals surface area contributed by atoms with Gasteiger partial charge < -0.3 is 5.32 Å². The largest absolute Gasteiger partial charge is 0.309 e. The molecule has 2 aliphatic carbocycles. The van der Waals surface area contributed by atoms with Crippen molar-refractivity contribution < 1.29 is 8.78 Å². The van der Waals surface area contributed by atoms with E-state index in [1.54, 1.807) is 0 Å². The number of halogens is 2. The minimum atomic E-state index is -2.11. The van der Waals surface area contributed by atoms with Gasteiger partial charge in [0.25, 0.3) is 0 Å². The summed E-state index contributed by atoms with van der Waals surface area (Å²) in [5, 5.41) is 3.54. The third-order valence-electron chi connectivity index (χ3n) is 3.79. The fourth-order valence-electron chi connectivity index (χ4n) is 2.78. The summed E-state index contributed by atoms with van der Waals surface area (Å²) in [5.74, 6) is -0.336. The van der Waals surface area contributed by atoms with Crippen LogP contribution in [-0.2, 0) is 0 Å². The molecule has 1 N–H and O–H groups in total. The lowest BCUT2D eigenvalue weighted by molar-refractivity contribution is 0.00888. The number of nitrogens with one attached hydrogen (secondary N) is 1. The minimum absolute atomic E-state index is 0.248. The highest BCUT2D eigenvalue weighted by atomic mass is 19.3. The van der Waals surface area contributed by atoms with Gasteiger partial charge >= 0.3 is 0 Å². The van der Waals surface area contributed by atoms with Gasteiger partial charge in [-0.3, -0.25) is 0 Å². The molecular formula is C11H19F2N. The number of hydrogen-bond acceptors (Lipinski definition) is 1. The zero-order chi connectivity index (χ0) is 10.2. The predicted octanol–water partition coefficient (Wildman–Crippen LogP) is 2.95. The normalized spacial score (nSPS) is 36.0. The Hall–Kier alpha value is -0.180. The molecule has 1 nitrogen and oxygen atoms in total. The molecule has 82 valence electrons. The van der Waals surface area contributed by atoms with Gasteiger partial charge in [-0.05, 0) is 32.6 Å². The first-order valence-corrected chi connectivity index (χ1v) is 5.65. The molecule has 0 aromatic rings. The van der Waals surface area contributed by atoms with Gasteiger partial charge in [0.2, 0.25) is 6.43 Å². The molecule has 2 rings (SSSR count). The molecule has 3 heteroatoms. The smallest absolute Gasteiger partial charge is 0.241 e. The van der Waals surface area contributed by atoms with Gasteiger partial charge in [-0.25, -0.2) is 8.78 Å². The fourth-order valence-corrected chi connectivity index (χ4v) is 2.78. The van der Waals surface area contributed by atoms with Crippen molar-refractivity contribution in [1.29, 1.82) is 0 Å². The molecule has 0 unspecified atom stereocenters. The Labute approximate surface area is 84.3 Å². The first-order valence-electron chi connectivity index (χ1n) is 5.65. The van der Waals surface area contributed by atoms with E-state index in [0.717, 1.165) is 0 Å². The molecule has 0 aliphatic heterocycles. The van der Waals surface area contributed by atoms with Gasteiger partial charge in [0.05, 0.1) is 0 Å². The second-order valence-corrected chi connectivity index (χ2v) is 5.17. The minimum Gasteiger partial charge on any atom is -0.309 e. The predicted molar refractivity (Wildman–Crippen MR) is 52.5 cm³/mol. The van der Waals surface area contributed by atoms with Crippen molar-refractivity contribution in [2.75, 3.05) is 0 Å². The molecule has 0 spiro atoms. The SMILES string of the molecule is CC1(NC2CC(C(F)F)C2)CCCC1. The summed E-state index contributed by atoms with van der Waals surface area (Å²) in [4.78, 5) is 0. The number of alkyl halides is 2. The van der Waals surface area contributed by atoms with E-state index in [2.05, 4.69) is 12.2 Å². The average molecular weight is 203 g/mol. The van der Waals surface area contributed by atoms with Gasteiger partial charge in [-0.1, -0.05) is 12.8 Å². The van der Waals surface area contributed by atoms with Crippen LogP contribution < -0.4 is 5.32 Å². The van der Waals surface area contributed by atoms with E-state index in [0.29, 0.717) is 18.9 Å². The first-order chi connectivity index (χ1) is 6.59. The van der Waals surface area contributed by atoms with E-state index in [1.165, 1.54) is 25.7 Å². The van der Waals surface area contributed by atoms with Crippen LogP contribution in [0.15, 0.2) is 0 Å². The Balaban J connectivity index is 1.73. The zero-order valence-electron chi connectivity index (χ0n) is 8.73. The van der Waals surface area contributed by atoms with Crippen LogP contribution in [-0.4, -0.2) is 18.0 Å². The lowest BCUT2D eigenvalue weighted by Gasteiger charge is -2.41. The Morgan fingerprint density at radius 3 is 2.29 bits per heavy atom. The summed E-state index contributed by atoms with van der Waals surface area (Å²) >= 11 is 0. The average Bonchev–Trinajstić information content (AvgIpc) is 2.44.